The molecule has 5 nitrogen and oxygen atoms in total. The lowest BCUT2D eigenvalue weighted by Crippen LogP contribution is -2.42. The van der Waals surface area contributed by atoms with E-state index < -0.39 is 11.9 Å². The molecule has 1 aliphatic rings. The maximum Gasteiger partial charge on any atom is 0.267 e. The van der Waals surface area contributed by atoms with E-state index in [1.54, 1.807) is 44.3 Å². The summed E-state index contributed by atoms with van der Waals surface area (Å²) in [5.41, 5.74) is 1.47. The Bertz CT molecular complexity index is 807. The molecule has 1 aliphatic heterocycles. The van der Waals surface area contributed by atoms with Gasteiger partial charge in [-0.1, -0.05) is 18.2 Å². The Morgan fingerprint density at radius 1 is 1.29 bits per heavy atom. The fourth-order valence-corrected chi connectivity index (χ4v) is 2.61. The summed E-state index contributed by atoms with van der Waals surface area (Å²) in [5, 5.41) is 2.54. The number of para-hydroxylation sites is 1. The number of nitrogens with zero attached hydrogens (tertiary/aromatic N) is 1. The van der Waals surface area contributed by atoms with Crippen molar-refractivity contribution in [3.63, 3.8) is 0 Å². The van der Waals surface area contributed by atoms with E-state index in [1.807, 2.05) is 0 Å². The number of ether oxygens (including phenoxy) is 1. The van der Waals surface area contributed by atoms with Crippen molar-refractivity contribution in [3.8, 4) is 5.75 Å². The molecule has 0 fully saturated rings. The minimum absolute atomic E-state index is 0.0686. The van der Waals surface area contributed by atoms with E-state index in [1.165, 1.54) is 17.0 Å². The Balaban J connectivity index is 1.76. The molecule has 1 N–H and O–H groups in total. The Kier molecular flexibility index (Phi) is 4.20. The Labute approximate surface area is 139 Å². The molecule has 0 radical (unpaired) electrons. The van der Waals surface area contributed by atoms with Crippen LogP contribution < -0.4 is 15.0 Å². The molecule has 0 saturated heterocycles. The number of nitrogens with one attached hydrogen (secondary N) is 1. The van der Waals surface area contributed by atoms with E-state index in [-0.39, 0.29) is 23.9 Å². The zero-order valence-corrected chi connectivity index (χ0v) is 13.4. The van der Waals surface area contributed by atoms with Gasteiger partial charge in [0.2, 0.25) is 5.91 Å². The van der Waals surface area contributed by atoms with Gasteiger partial charge >= 0.3 is 0 Å². The van der Waals surface area contributed by atoms with Gasteiger partial charge in [-0.3, -0.25) is 9.59 Å². The third-order valence-corrected chi connectivity index (χ3v) is 3.88. The first-order chi connectivity index (χ1) is 11.5. The van der Waals surface area contributed by atoms with E-state index in [4.69, 9.17) is 4.74 Å². The number of hydrogen-bond acceptors (Lipinski definition) is 3. The van der Waals surface area contributed by atoms with Crippen molar-refractivity contribution in [3.05, 3.63) is 53.8 Å². The van der Waals surface area contributed by atoms with E-state index in [0.29, 0.717) is 17.0 Å². The summed E-state index contributed by atoms with van der Waals surface area (Å²) in [5.74, 6) is -0.360. The van der Waals surface area contributed by atoms with Crippen LogP contribution >= 0.6 is 0 Å². The van der Waals surface area contributed by atoms with Crippen LogP contribution in [-0.2, 0) is 16.0 Å². The van der Waals surface area contributed by atoms with Crippen LogP contribution in [0, 0.1) is 5.82 Å². The molecule has 1 heterocycles. The van der Waals surface area contributed by atoms with Crippen molar-refractivity contribution in [2.45, 2.75) is 19.4 Å². The molecule has 0 aliphatic carbocycles. The Hall–Kier alpha value is -2.89. The largest absolute Gasteiger partial charge is 0.479 e. The Morgan fingerprint density at radius 3 is 2.79 bits per heavy atom. The quantitative estimate of drug-likeness (QED) is 0.942. The average Bonchev–Trinajstić information content (AvgIpc) is 2.55. The van der Waals surface area contributed by atoms with E-state index in [0.717, 1.165) is 0 Å². The van der Waals surface area contributed by atoms with Crippen molar-refractivity contribution in [2.24, 2.45) is 0 Å². The third-order valence-electron chi connectivity index (χ3n) is 3.88. The SMILES string of the molecule is CC1Oc2ccc(CC(=O)Nc3ccccc3F)cc2N(C)C1=O. The molecule has 24 heavy (non-hydrogen) atoms. The van der Waals surface area contributed by atoms with Crippen molar-refractivity contribution >= 4 is 23.2 Å². The molecule has 1 atom stereocenters. The summed E-state index contributed by atoms with van der Waals surface area (Å²) >= 11 is 0. The molecule has 124 valence electrons. The molecular formula is C18H17FN2O3. The first-order valence-corrected chi connectivity index (χ1v) is 7.57. The number of likely N-dealkylation sites (N-methyl/N-ethyl adjacent to an activating group) is 1. The van der Waals surface area contributed by atoms with Crippen molar-refractivity contribution in [1.82, 2.24) is 0 Å². The highest BCUT2D eigenvalue weighted by atomic mass is 19.1. The van der Waals surface area contributed by atoms with Crippen LogP contribution in [0.25, 0.3) is 0 Å². The minimum atomic E-state index is -0.530. The van der Waals surface area contributed by atoms with Gasteiger partial charge in [0.1, 0.15) is 11.6 Å². The molecule has 0 aromatic heterocycles. The second-order valence-corrected chi connectivity index (χ2v) is 5.66. The lowest BCUT2D eigenvalue weighted by molar-refractivity contribution is -0.125. The standard InChI is InChI=1S/C18H17FN2O3/c1-11-18(23)21(2)15-9-12(7-8-16(15)24-11)10-17(22)20-14-6-4-3-5-13(14)19/h3-9,11H,10H2,1-2H3,(H,20,22). The summed E-state index contributed by atoms with van der Waals surface area (Å²) in [4.78, 5) is 25.6. The first-order valence-electron chi connectivity index (χ1n) is 7.57. The maximum atomic E-state index is 13.6. The van der Waals surface area contributed by atoms with Gasteiger partial charge in [0.05, 0.1) is 17.8 Å². The summed E-state index contributed by atoms with van der Waals surface area (Å²) < 4.78 is 19.1. The molecule has 3 rings (SSSR count). The summed E-state index contributed by atoms with van der Waals surface area (Å²) in [6.07, 6.45) is -0.461. The lowest BCUT2D eigenvalue weighted by atomic mass is 10.1. The van der Waals surface area contributed by atoms with Gasteiger partial charge in [-0.2, -0.15) is 0 Å². The Morgan fingerprint density at radius 2 is 2.04 bits per heavy atom. The van der Waals surface area contributed by atoms with Crippen LogP contribution in [0.3, 0.4) is 0 Å². The summed E-state index contributed by atoms with van der Waals surface area (Å²) in [6.45, 7) is 1.69. The van der Waals surface area contributed by atoms with Crippen LogP contribution in [0.2, 0.25) is 0 Å². The van der Waals surface area contributed by atoms with Crippen LogP contribution in [0.15, 0.2) is 42.5 Å². The van der Waals surface area contributed by atoms with Gasteiger partial charge in [0, 0.05) is 7.05 Å². The molecule has 2 aromatic rings. The van der Waals surface area contributed by atoms with E-state index >= 15 is 0 Å². The summed E-state index contributed by atoms with van der Waals surface area (Å²) in [6, 6.07) is 11.2. The molecule has 2 amide bonds. The number of carbonyl (C=O) groups is 2. The zero-order valence-electron chi connectivity index (χ0n) is 13.4. The number of anilines is 2. The highest BCUT2D eigenvalue weighted by molar-refractivity contribution is 5.99. The highest BCUT2D eigenvalue weighted by Gasteiger charge is 2.29. The maximum absolute atomic E-state index is 13.6. The second kappa shape index (κ2) is 6.31. The number of hydrogen-bond donors (Lipinski definition) is 1. The molecule has 6 heteroatoms. The molecule has 0 bridgehead atoms. The number of carbonyl (C=O) groups excluding carboxylic acids is 2. The van der Waals surface area contributed by atoms with Gasteiger partial charge in [-0.15, -0.1) is 0 Å². The fourth-order valence-electron chi connectivity index (χ4n) is 2.61. The molecular weight excluding hydrogens is 311 g/mol. The predicted molar refractivity (Wildman–Crippen MR) is 88.7 cm³/mol. The van der Waals surface area contributed by atoms with Crippen molar-refractivity contribution in [2.75, 3.05) is 17.3 Å². The smallest absolute Gasteiger partial charge is 0.267 e. The van der Waals surface area contributed by atoms with Crippen LogP contribution in [-0.4, -0.2) is 25.0 Å². The first kappa shape index (κ1) is 16.0. The molecule has 2 aromatic carbocycles. The minimum Gasteiger partial charge on any atom is -0.479 e. The lowest BCUT2D eigenvalue weighted by Gasteiger charge is -2.30. The predicted octanol–water partition coefficient (Wildman–Crippen LogP) is 2.75. The van der Waals surface area contributed by atoms with Crippen LogP contribution in [0.1, 0.15) is 12.5 Å². The third kappa shape index (κ3) is 3.08. The van der Waals surface area contributed by atoms with Gasteiger partial charge in [-0.05, 0) is 36.8 Å². The van der Waals surface area contributed by atoms with Crippen LogP contribution in [0.4, 0.5) is 15.8 Å². The van der Waals surface area contributed by atoms with Crippen molar-refractivity contribution in [1.29, 1.82) is 0 Å². The highest BCUT2D eigenvalue weighted by Crippen LogP contribution is 2.34. The second-order valence-electron chi connectivity index (χ2n) is 5.66. The van der Waals surface area contributed by atoms with Gasteiger partial charge in [0.15, 0.2) is 6.10 Å². The van der Waals surface area contributed by atoms with E-state index in [9.17, 15) is 14.0 Å². The summed E-state index contributed by atoms with van der Waals surface area (Å²) in [7, 11) is 1.67. The number of rotatable bonds is 3. The van der Waals surface area contributed by atoms with Gasteiger partial charge < -0.3 is 15.0 Å². The molecule has 0 saturated carbocycles. The fraction of sp³-hybridized carbons (Fsp3) is 0.222. The number of halogens is 1. The van der Waals surface area contributed by atoms with Gasteiger partial charge in [0.25, 0.3) is 5.91 Å². The van der Waals surface area contributed by atoms with Crippen molar-refractivity contribution < 1.29 is 18.7 Å². The number of amides is 2. The van der Waals surface area contributed by atoms with Crippen LogP contribution in [0.5, 0.6) is 5.75 Å². The normalized spacial score (nSPS) is 16.4. The topological polar surface area (TPSA) is 58.6 Å². The monoisotopic (exact) mass is 328 g/mol. The number of benzene rings is 2. The zero-order chi connectivity index (χ0) is 17.3. The van der Waals surface area contributed by atoms with Gasteiger partial charge in [-0.25, -0.2) is 4.39 Å². The average molecular weight is 328 g/mol. The molecule has 1 unspecified atom stereocenters. The van der Waals surface area contributed by atoms with E-state index in [2.05, 4.69) is 5.32 Å². The molecule has 0 spiro atoms. The number of fused-ring (bicyclic) bond motifs is 1.